The summed E-state index contributed by atoms with van der Waals surface area (Å²) in [4.78, 5) is 3.16. The lowest BCUT2D eigenvalue weighted by molar-refractivity contribution is -0.0504. The van der Waals surface area contributed by atoms with Gasteiger partial charge in [-0.25, -0.2) is 8.42 Å². The molecule has 0 spiro atoms. The summed E-state index contributed by atoms with van der Waals surface area (Å²) in [6.07, 6.45) is 3.56. The number of sulfonamides is 1. The van der Waals surface area contributed by atoms with Gasteiger partial charge >= 0.3 is 6.61 Å². The molecular formula is C14H17F2N3O3S2. The highest BCUT2D eigenvalue weighted by Crippen LogP contribution is 2.27. The minimum absolute atomic E-state index is 0.168. The topological polar surface area (TPSA) is 83.3 Å². The number of aromatic nitrogens is 1. The third-order valence-electron chi connectivity index (χ3n) is 2.90. The maximum atomic E-state index is 12.7. The smallest absolute Gasteiger partial charge is 0.387 e. The number of alkyl halides is 2. The zero-order valence-corrected chi connectivity index (χ0v) is 14.6. The SMILES string of the molecule is C=CCSCCN(CC)S(=O)(=O)c1cncc(OC(F)F)c1C#N. The molecule has 0 unspecified atom stereocenters. The molecule has 0 N–H and O–H groups in total. The number of hydrogen-bond donors (Lipinski definition) is 0. The van der Waals surface area contributed by atoms with Crippen LogP contribution in [-0.2, 0) is 10.0 Å². The Bertz CT molecular complexity index is 706. The van der Waals surface area contributed by atoms with E-state index in [0.29, 0.717) is 11.5 Å². The molecule has 132 valence electrons. The minimum atomic E-state index is -4.06. The van der Waals surface area contributed by atoms with E-state index in [1.807, 2.05) is 0 Å². The summed E-state index contributed by atoms with van der Waals surface area (Å²) >= 11 is 1.50. The van der Waals surface area contributed by atoms with Gasteiger partial charge in [-0.1, -0.05) is 13.0 Å². The first-order valence-electron chi connectivity index (χ1n) is 6.90. The molecule has 1 aromatic heterocycles. The predicted molar refractivity (Wildman–Crippen MR) is 87.5 cm³/mol. The molecule has 0 fully saturated rings. The summed E-state index contributed by atoms with van der Waals surface area (Å²) in [5.74, 6) is 0.646. The van der Waals surface area contributed by atoms with E-state index in [0.717, 1.165) is 16.7 Å². The van der Waals surface area contributed by atoms with Crippen LogP contribution in [0.1, 0.15) is 12.5 Å². The van der Waals surface area contributed by atoms with Crippen molar-refractivity contribution in [2.75, 3.05) is 24.6 Å². The van der Waals surface area contributed by atoms with Crippen molar-refractivity contribution in [3.05, 3.63) is 30.6 Å². The van der Waals surface area contributed by atoms with Gasteiger partial charge in [-0.05, 0) is 0 Å². The van der Waals surface area contributed by atoms with E-state index in [1.54, 1.807) is 19.1 Å². The highest BCUT2D eigenvalue weighted by molar-refractivity contribution is 7.99. The van der Waals surface area contributed by atoms with Gasteiger partial charge in [0.1, 0.15) is 16.5 Å². The molecule has 0 aliphatic heterocycles. The molecule has 0 aliphatic carbocycles. The highest BCUT2D eigenvalue weighted by atomic mass is 32.2. The largest absolute Gasteiger partial charge is 0.432 e. The Morgan fingerprint density at radius 1 is 1.54 bits per heavy atom. The number of hydrogen-bond acceptors (Lipinski definition) is 6. The Morgan fingerprint density at radius 3 is 2.79 bits per heavy atom. The van der Waals surface area contributed by atoms with Crippen LogP contribution < -0.4 is 4.74 Å². The third-order valence-corrected chi connectivity index (χ3v) is 5.82. The molecule has 1 rings (SSSR count). The van der Waals surface area contributed by atoms with Crippen LogP contribution in [-0.4, -0.2) is 48.9 Å². The van der Waals surface area contributed by atoms with Gasteiger partial charge in [-0.2, -0.15) is 30.1 Å². The molecule has 1 aromatic rings. The fraction of sp³-hybridized carbons (Fsp3) is 0.429. The lowest BCUT2D eigenvalue weighted by Gasteiger charge is -2.21. The standard InChI is InChI=1S/C14H17F2N3O3S2/c1-3-6-23-7-5-19(4-2)24(20,21)13-10-18-9-12(11(13)8-17)22-14(15)16/h3,9-10,14H,1,4-7H2,2H3. The highest BCUT2D eigenvalue weighted by Gasteiger charge is 2.28. The fourth-order valence-electron chi connectivity index (χ4n) is 1.83. The lowest BCUT2D eigenvalue weighted by Crippen LogP contribution is -2.33. The Labute approximate surface area is 144 Å². The number of nitrogens with zero attached hydrogens (tertiary/aromatic N) is 3. The van der Waals surface area contributed by atoms with Crippen LogP contribution in [0.4, 0.5) is 8.78 Å². The second-order valence-corrected chi connectivity index (χ2v) is 7.42. The molecule has 0 amide bonds. The van der Waals surface area contributed by atoms with Gasteiger partial charge in [0.2, 0.25) is 10.0 Å². The molecule has 0 aliphatic rings. The summed E-state index contributed by atoms with van der Waals surface area (Å²) < 4.78 is 55.6. The van der Waals surface area contributed by atoms with E-state index in [-0.39, 0.29) is 13.1 Å². The number of halogens is 2. The first kappa shape index (κ1) is 20.3. The van der Waals surface area contributed by atoms with Crippen LogP contribution in [0.15, 0.2) is 29.9 Å². The number of nitriles is 1. The molecular weight excluding hydrogens is 360 g/mol. The van der Waals surface area contributed by atoms with Crippen molar-refractivity contribution in [2.24, 2.45) is 0 Å². The van der Waals surface area contributed by atoms with Crippen molar-refractivity contribution in [1.29, 1.82) is 5.26 Å². The van der Waals surface area contributed by atoms with E-state index >= 15 is 0 Å². The number of pyridine rings is 1. The van der Waals surface area contributed by atoms with Gasteiger partial charge in [0.25, 0.3) is 0 Å². The molecule has 0 saturated carbocycles. The van der Waals surface area contributed by atoms with E-state index < -0.39 is 32.8 Å². The Kier molecular flexibility index (Phi) is 8.10. The maximum Gasteiger partial charge on any atom is 0.387 e. The summed E-state index contributed by atoms with van der Waals surface area (Å²) in [6, 6.07) is 1.61. The van der Waals surface area contributed by atoms with Gasteiger partial charge in [-0.3, -0.25) is 4.98 Å². The molecule has 1 heterocycles. The zero-order chi connectivity index (χ0) is 18.2. The van der Waals surface area contributed by atoms with E-state index in [2.05, 4.69) is 16.3 Å². The minimum Gasteiger partial charge on any atom is -0.432 e. The maximum absolute atomic E-state index is 12.7. The Morgan fingerprint density at radius 2 is 2.25 bits per heavy atom. The van der Waals surface area contributed by atoms with Gasteiger partial charge < -0.3 is 4.74 Å². The average Bonchev–Trinajstić information content (AvgIpc) is 2.54. The van der Waals surface area contributed by atoms with Crippen molar-refractivity contribution >= 4 is 21.8 Å². The van der Waals surface area contributed by atoms with Crippen LogP contribution >= 0.6 is 11.8 Å². The molecule has 6 nitrogen and oxygen atoms in total. The van der Waals surface area contributed by atoms with Gasteiger partial charge in [0.05, 0.1) is 6.20 Å². The fourth-order valence-corrected chi connectivity index (χ4v) is 4.18. The molecule has 0 aromatic carbocycles. The van der Waals surface area contributed by atoms with Crippen LogP contribution in [0.25, 0.3) is 0 Å². The summed E-state index contributed by atoms with van der Waals surface area (Å²) in [6.45, 7) is 2.42. The van der Waals surface area contributed by atoms with E-state index in [9.17, 15) is 22.5 Å². The molecule has 0 atom stereocenters. The van der Waals surface area contributed by atoms with Gasteiger partial charge in [0, 0.05) is 30.8 Å². The summed E-state index contributed by atoms with van der Waals surface area (Å²) in [5, 5.41) is 9.18. The molecule has 0 bridgehead atoms. The van der Waals surface area contributed by atoms with Crippen LogP contribution in [0.2, 0.25) is 0 Å². The van der Waals surface area contributed by atoms with Crippen LogP contribution in [0, 0.1) is 11.3 Å². The Hall–Kier alpha value is -1.70. The van der Waals surface area contributed by atoms with Crippen molar-refractivity contribution in [1.82, 2.24) is 9.29 Å². The third kappa shape index (κ3) is 5.15. The number of ether oxygens (including phenoxy) is 1. The first-order chi connectivity index (χ1) is 11.4. The average molecular weight is 377 g/mol. The van der Waals surface area contributed by atoms with Crippen LogP contribution in [0.3, 0.4) is 0 Å². The summed E-state index contributed by atoms with van der Waals surface area (Å²) in [5.41, 5.74) is -0.484. The molecule has 24 heavy (non-hydrogen) atoms. The zero-order valence-electron chi connectivity index (χ0n) is 13.0. The van der Waals surface area contributed by atoms with Crippen molar-refractivity contribution in [2.45, 2.75) is 18.4 Å². The lowest BCUT2D eigenvalue weighted by atomic mass is 10.3. The second kappa shape index (κ2) is 9.56. The Balaban J connectivity index is 3.16. The number of thioether (sulfide) groups is 1. The quantitative estimate of drug-likeness (QED) is 0.460. The molecule has 0 saturated heterocycles. The van der Waals surface area contributed by atoms with Crippen molar-refractivity contribution < 1.29 is 21.9 Å². The molecule has 10 heteroatoms. The predicted octanol–water partition coefficient (Wildman–Crippen LogP) is 2.48. The summed E-state index contributed by atoms with van der Waals surface area (Å²) in [7, 11) is -4.06. The van der Waals surface area contributed by atoms with Crippen LogP contribution in [0.5, 0.6) is 5.75 Å². The van der Waals surface area contributed by atoms with Crippen molar-refractivity contribution in [3.63, 3.8) is 0 Å². The first-order valence-corrected chi connectivity index (χ1v) is 9.49. The van der Waals surface area contributed by atoms with Gasteiger partial charge in [0.15, 0.2) is 5.75 Å². The second-order valence-electron chi connectivity index (χ2n) is 4.36. The van der Waals surface area contributed by atoms with Crippen molar-refractivity contribution in [3.8, 4) is 11.8 Å². The van der Waals surface area contributed by atoms with Gasteiger partial charge in [-0.15, -0.1) is 6.58 Å². The van der Waals surface area contributed by atoms with E-state index in [4.69, 9.17) is 0 Å². The monoisotopic (exact) mass is 377 g/mol. The normalized spacial score (nSPS) is 11.5. The van der Waals surface area contributed by atoms with E-state index in [1.165, 1.54) is 11.8 Å². The number of rotatable bonds is 10. The molecule has 0 radical (unpaired) electrons.